The topological polar surface area (TPSA) is 137 Å². The van der Waals surface area contributed by atoms with Crippen molar-refractivity contribution in [3.63, 3.8) is 0 Å². The Morgan fingerprint density at radius 2 is 1.89 bits per heavy atom. The molecule has 1 aliphatic heterocycles. The van der Waals surface area contributed by atoms with Gasteiger partial charge >= 0.3 is 5.97 Å². The fraction of sp³-hybridized carbons (Fsp3) is 0.353. The molecule has 13 heteroatoms. The molecule has 2 aliphatic carbocycles. The molecule has 238 valence electrons. The molecule has 0 amide bonds. The lowest BCUT2D eigenvalue weighted by Gasteiger charge is -2.47. The van der Waals surface area contributed by atoms with Crippen molar-refractivity contribution in [1.29, 1.82) is 5.26 Å². The molecule has 3 fully saturated rings. The summed E-state index contributed by atoms with van der Waals surface area (Å²) in [5.74, 6) is 0.530. The number of anilines is 1. The van der Waals surface area contributed by atoms with Crippen molar-refractivity contribution in [3.05, 3.63) is 74.4 Å². The lowest BCUT2D eigenvalue weighted by Crippen LogP contribution is -2.60. The van der Waals surface area contributed by atoms with E-state index in [1.165, 1.54) is 11.3 Å². The van der Waals surface area contributed by atoms with E-state index < -0.39 is 5.97 Å². The summed E-state index contributed by atoms with van der Waals surface area (Å²) < 4.78 is 8.50. The van der Waals surface area contributed by atoms with Gasteiger partial charge in [0.2, 0.25) is 0 Å². The third-order valence-corrected chi connectivity index (χ3v) is 11.4. The minimum absolute atomic E-state index is 0.117. The number of carboxylic acid groups (broad SMARTS) is 1. The zero-order chi connectivity index (χ0) is 32.7. The van der Waals surface area contributed by atoms with E-state index in [1.807, 2.05) is 0 Å². The van der Waals surface area contributed by atoms with Crippen LogP contribution >= 0.6 is 22.9 Å². The first-order chi connectivity index (χ1) is 22.6. The average Bonchev–Trinajstić information content (AvgIpc) is 3.97. The van der Waals surface area contributed by atoms with E-state index in [4.69, 9.17) is 21.3 Å². The van der Waals surface area contributed by atoms with Crippen LogP contribution in [-0.4, -0.2) is 73.3 Å². The first-order valence-electron chi connectivity index (χ1n) is 15.5. The Bertz CT molecular complexity index is 2210. The van der Waals surface area contributed by atoms with Crippen molar-refractivity contribution in [2.24, 2.45) is 0 Å². The molecule has 4 aromatic heterocycles. The van der Waals surface area contributed by atoms with E-state index in [0.29, 0.717) is 43.7 Å². The van der Waals surface area contributed by atoms with Gasteiger partial charge in [0.15, 0.2) is 0 Å². The Labute approximate surface area is 278 Å². The van der Waals surface area contributed by atoms with Crippen molar-refractivity contribution < 1.29 is 14.6 Å². The number of benzene rings is 1. The molecule has 47 heavy (non-hydrogen) atoms. The van der Waals surface area contributed by atoms with Gasteiger partial charge in [-0.1, -0.05) is 11.6 Å². The highest BCUT2D eigenvalue weighted by molar-refractivity contribution is 7.18. The van der Waals surface area contributed by atoms with E-state index >= 15 is 0 Å². The van der Waals surface area contributed by atoms with E-state index in [9.17, 15) is 20.0 Å². The smallest absolute Gasteiger partial charge is 0.338 e. The fourth-order valence-electron chi connectivity index (χ4n) is 7.21. The van der Waals surface area contributed by atoms with Crippen molar-refractivity contribution in [3.8, 4) is 22.9 Å². The Morgan fingerprint density at radius 3 is 2.57 bits per heavy atom. The molecule has 11 nitrogen and oxygen atoms in total. The lowest BCUT2D eigenvalue weighted by molar-refractivity contribution is 0.0699. The van der Waals surface area contributed by atoms with Crippen molar-refractivity contribution >= 4 is 55.8 Å². The summed E-state index contributed by atoms with van der Waals surface area (Å²) in [5, 5.41) is 22.3. The van der Waals surface area contributed by atoms with E-state index in [-0.39, 0.29) is 46.3 Å². The number of likely N-dealkylation sites (N-methyl/N-ethyl adjacent to an activating group) is 1. The quantitative estimate of drug-likeness (QED) is 0.237. The van der Waals surface area contributed by atoms with Crippen molar-refractivity contribution in [1.82, 2.24) is 24.4 Å². The fourth-order valence-corrected chi connectivity index (χ4v) is 8.41. The number of piperazine rings is 1. The second-order valence-corrected chi connectivity index (χ2v) is 14.1. The third kappa shape index (κ3) is 4.75. The van der Waals surface area contributed by atoms with Gasteiger partial charge in [0.25, 0.3) is 5.56 Å². The number of ether oxygens (including phenoxy) is 1. The molecule has 0 radical (unpaired) electrons. The van der Waals surface area contributed by atoms with Crippen molar-refractivity contribution in [2.45, 2.75) is 50.2 Å². The summed E-state index contributed by atoms with van der Waals surface area (Å²) in [6, 6.07) is 9.35. The number of rotatable bonds is 7. The molecule has 1 saturated heterocycles. The van der Waals surface area contributed by atoms with Crippen LogP contribution in [0.1, 0.15) is 47.4 Å². The molecule has 0 unspecified atom stereocenters. The zero-order valence-corrected chi connectivity index (χ0v) is 27.4. The van der Waals surface area contributed by atoms with Crippen LogP contribution in [0, 0.1) is 18.3 Å². The van der Waals surface area contributed by atoms with Crippen LogP contribution in [0.5, 0.6) is 5.75 Å². The monoisotopic (exact) mass is 667 g/mol. The summed E-state index contributed by atoms with van der Waals surface area (Å²) in [7, 11) is 2.23. The lowest BCUT2D eigenvalue weighted by atomic mass is 10.0. The first-order valence-corrected chi connectivity index (χ1v) is 16.7. The molecular weight excluding hydrogens is 638 g/mol. The van der Waals surface area contributed by atoms with Crippen LogP contribution in [-0.2, 0) is 6.54 Å². The van der Waals surface area contributed by atoms with Crippen LogP contribution in [0.25, 0.3) is 32.2 Å². The van der Waals surface area contributed by atoms with Gasteiger partial charge in [0.05, 0.1) is 39.4 Å². The van der Waals surface area contributed by atoms with E-state index in [2.05, 4.69) is 32.9 Å². The number of halogens is 1. The number of hydrogen-bond donors (Lipinski definition) is 1. The maximum atomic E-state index is 14.1. The van der Waals surface area contributed by atoms with Crippen LogP contribution in [0.15, 0.2) is 46.8 Å². The normalized spacial score (nSPS) is 17.8. The van der Waals surface area contributed by atoms with Gasteiger partial charge < -0.3 is 14.7 Å². The maximum Gasteiger partial charge on any atom is 0.338 e. The molecule has 1 N–H and O–H groups in total. The first kappa shape index (κ1) is 29.8. The average molecular weight is 668 g/mol. The molecule has 3 aliphatic rings. The predicted octanol–water partition coefficient (Wildman–Crippen LogP) is 5.50. The number of nitriles is 1. The summed E-state index contributed by atoms with van der Waals surface area (Å²) in [6.45, 7) is 3.65. The second-order valence-electron chi connectivity index (χ2n) is 12.8. The molecule has 2 saturated carbocycles. The van der Waals surface area contributed by atoms with Gasteiger partial charge in [-0.2, -0.15) is 5.26 Å². The van der Waals surface area contributed by atoms with Crippen LogP contribution < -0.4 is 15.2 Å². The number of aromatic carboxylic acids is 1. The Hall–Kier alpha value is -4.57. The van der Waals surface area contributed by atoms with E-state index in [0.717, 1.165) is 44.3 Å². The Kier molecular flexibility index (Phi) is 6.81. The highest BCUT2D eigenvalue weighted by Crippen LogP contribution is 2.56. The molecule has 5 heterocycles. The molecule has 2 spiro atoms. The summed E-state index contributed by atoms with van der Waals surface area (Å²) >= 11 is 7.68. The number of aryl methyl sites for hydroxylation is 1. The van der Waals surface area contributed by atoms with Gasteiger partial charge in [0.1, 0.15) is 35.6 Å². The number of fused-ring (bicyclic) bond motifs is 2. The number of hydrogen-bond acceptors (Lipinski definition) is 10. The van der Waals surface area contributed by atoms with Gasteiger partial charge in [-0.05, 0) is 63.9 Å². The van der Waals surface area contributed by atoms with E-state index in [1.54, 1.807) is 53.5 Å². The van der Waals surface area contributed by atoms with Crippen molar-refractivity contribution in [2.75, 3.05) is 31.6 Å². The summed E-state index contributed by atoms with van der Waals surface area (Å²) in [6.07, 6.45) is 7.70. The Balaban J connectivity index is 1.11. The highest BCUT2D eigenvalue weighted by Gasteiger charge is 2.63. The minimum Gasteiger partial charge on any atom is -0.491 e. The van der Waals surface area contributed by atoms with Crippen LogP contribution in [0.4, 0.5) is 5.82 Å². The number of carboxylic acids is 1. The number of thiophene rings is 1. The molecule has 8 rings (SSSR count). The van der Waals surface area contributed by atoms with Gasteiger partial charge in [0, 0.05) is 51.9 Å². The zero-order valence-electron chi connectivity index (χ0n) is 25.8. The second kappa shape index (κ2) is 10.7. The minimum atomic E-state index is -1.04. The molecule has 0 bridgehead atoms. The number of carbonyl (C=O) groups is 1. The maximum absolute atomic E-state index is 14.1. The molecule has 1 aromatic carbocycles. The van der Waals surface area contributed by atoms with Gasteiger partial charge in [-0.15, -0.1) is 11.3 Å². The number of pyridine rings is 2. The third-order valence-electron chi connectivity index (χ3n) is 10.1. The molecule has 5 aromatic rings. The predicted molar refractivity (Wildman–Crippen MR) is 180 cm³/mol. The Morgan fingerprint density at radius 1 is 1.15 bits per heavy atom. The molecular formula is C34H30ClN7O4S. The number of aromatic nitrogens is 4. The summed E-state index contributed by atoms with van der Waals surface area (Å²) in [4.78, 5) is 44.2. The van der Waals surface area contributed by atoms with Crippen LogP contribution in [0.2, 0.25) is 5.02 Å². The standard InChI is InChI=1S/C34H30ClN7O4S/c1-19-39-25-15-38-30(41-17-33(6-7-33)40(2)34(18-41)8-9-34)23(14-36)27(25)31(43)42(19)11-12-46-26-4-3-20(35)13-22(26)21-5-10-37-28-24(32(44)45)16-47-29(21)28/h3-5,10,13,15-16H,6-9,11-12,17-18H2,1-2H3,(H,44,45). The van der Waals surface area contributed by atoms with Crippen LogP contribution in [0.3, 0.4) is 0 Å². The largest absolute Gasteiger partial charge is 0.491 e. The SMILES string of the molecule is Cc1nc2cnc(N3CC4(CC4)N(C)C4(CC4)C3)c(C#N)c2c(=O)n1CCOc1ccc(Cl)cc1-c1ccnc2c(C(=O)O)csc12. The number of nitrogens with zero attached hydrogens (tertiary/aromatic N) is 7. The highest BCUT2D eigenvalue weighted by atomic mass is 35.5. The molecule has 0 atom stereocenters. The van der Waals surface area contributed by atoms with Gasteiger partial charge in [-0.3, -0.25) is 19.2 Å². The summed E-state index contributed by atoms with van der Waals surface area (Å²) in [5.41, 5.74) is 2.56. The van der Waals surface area contributed by atoms with Gasteiger partial charge in [-0.25, -0.2) is 14.8 Å².